The number of likely N-dealkylation sites (tertiary alicyclic amines) is 1. The quantitative estimate of drug-likeness (QED) is 0.263. The highest BCUT2D eigenvalue weighted by Crippen LogP contribution is 2.40. The normalized spacial score (nSPS) is 17.9. The van der Waals surface area contributed by atoms with Gasteiger partial charge in [0.2, 0.25) is 0 Å². The van der Waals surface area contributed by atoms with Crippen molar-refractivity contribution in [1.82, 2.24) is 4.90 Å². The maximum absolute atomic E-state index is 13.1. The molecule has 32 heavy (non-hydrogen) atoms. The van der Waals surface area contributed by atoms with Gasteiger partial charge in [-0.3, -0.25) is 9.59 Å². The molecule has 1 aliphatic heterocycles. The number of aliphatic hydroxyl groups is 1. The first-order valence-corrected chi connectivity index (χ1v) is 10.9. The van der Waals surface area contributed by atoms with E-state index in [1.165, 1.54) is 4.90 Å². The third kappa shape index (κ3) is 4.66. The van der Waals surface area contributed by atoms with Gasteiger partial charge in [-0.1, -0.05) is 37.6 Å². The van der Waals surface area contributed by atoms with Crippen LogP contribution in [0.2, 0.25) is 5.02 Å². The SMILES string of the molecule is COCCCN1C(=O)C(=O)/C(=C(\O)c2ccc(OC)c(C(C)C)c2)C1c1ccc(Cl)cc1. The van der Waals surface area contributed by atoms with Gasteiger partial charge in [-0.2, -0.15) is 0 Å². The van der Waals surface area contributed by atoms with Crippen LogP contribution in [0.3, 0.4) is 0 Å². The Morgan fingerprint density at radius 1 is 1.12 bits per heavy atom. The number of carbonyl (C=O) groups excluding carboxylic acids is 2. The van der Waals surface area contributed by atoms with Crippen LogP contribution >= 0.6 is 11.6 Å². The Balaban J connectivity index is 2.15. The van der Waals surface area contributed by atoms with Crippen molar-refractivity contribution in [2.75, 3.05) is 27.4 Å². The monoisotopic (exact) mass is 457 g/mol. The van der Waals surface area contributed by atoms with Gasteiger partial charge in [-0.05, 0) is 53.8 Å². The van der Waals surface area contributed by atoms with Gasteiger partial charge < -0.3 is 19.5 Å². The number of rotatable bonds is 8. The minimum Gasteiger partial charge on any atom is -0.507 e. The lowest BCUT2D eigenvalue weighted by Crippen LogP contribution is -2.31. The smallest absolute Gasteiger partial charge is 0.295 e. The molecule has 7 heteroatoms. The molecule has 6 nitrogen and oxygen atoms in total. The third-order valence-corrected chi connectivity index (χ3v) is 5.85. The Hall–Kier alpha value is -2.83. The Labute approximate surface area is 193 Å². The lowest BCUT2D eigenvalue weighted by Gasteiger charge is -2.25. The van der Waals surface area contributed by atoms with Gasteiger partial charge in [0.05, 0.1) is 18.7 Å². The van der Waals surface area contributed by atoms with Crippen LogP contribution in [0.25, 0.3) is 5.76 Å². The van der Waals surface area contributed by atoms with E-state index in [9.17, 15) is 14.7 Å². The van der Waals surface area contributed by atoms with E-state index in [4.69, 9.17) is 21.1 Å². The molecule has 1 fully saturated rings. The van der Waals surface area contributed by atoms with Crippen LogP contribution in [0.15, 0.2) is 48.0 Å². The van der Waals surface area contributed by atoms with E-state index in [1.807, 2.05) is 13.8 Å². The van der Waals surface area contributed by atoms with Gasteiger partial charge >= 0.3 is 0 Å². The number of hydrogen-bond acceptors (Lipinski definition) is 5. The zero-order chi connectivity index (χ0) is 23.4. The molecule has 3 rings (SSSR count). The Bertz CT molecular complexity index is 1030. The lowest BCUT2D eigenvalue weighted by molar-refractivity contribution is -0.140. The maximum Gasteiger partial charge on any atom is 0.295 e. The largest absolute Gasteiger partial charge is 0.507 e. The summed E-state index contributed by atoms with van der Waals surface area (Å²) < 4.78 is 10.5. The minimum atomic E-state index is -0.714. The molecule has 0 saturated carbocycles. The lowest BCUT2D eigenvalue weighted by atomic mass is 9.93. The number of aliphatic hydroxyl groups excluding tert-OH is 1. The maximum atomic E-state index is 13.1. The number of ketones is 1. The molecule has 1 saturated heterocycles. The first-order valence-electron chi connectivity index (χ1n) is 10.5. The second kappa shape index (κ2) is 10.2. The molecule has 0 bridgehead atoms. The fraction of sp³-hybridized carbons (Fsp3) is 0.360. The van der Waals surface area contributed by atoms with Crippen LogP contribution in [0.4, 0.5) is 0 Å². The number of methoxy groups -OCH3 is 2. The topological polar surface area (TPSA) is 76.1 Å². The van der Waals surface area contributed by atoms with E-state index in [2.05, 4.69) is 0 Å². The van der Waals surface area contributed by atoms with Crippen LogP contribution in [-0.2, 0) is 14.3 Å². The molecule has 1 amide bonds. The zero-order valence-electron chi connectivity index (χ0n) is 18.7. The minimum absolute atomic E-state index is 0.0645. The molecule has 0 aromatic heterocycles. The van der Waals surface area contributed by atoms with Crippen molar-refractivity contribution in [3.8, 4) is 5.75 Å². The van der Waals surface area contributed by atoms with E-state index in [1.54, 1.807) is 56.7 Å². The standard InChI is InChI=1S/C25H28ClNO5/c1-15(2)19-14-17(8-11-20(19)32-4)23(28)21-22(16-6-9-18(26)10-7-16)27(12-5-13-31-3)25(30)24(21)29/h6-11,14-15,22,28H,5,12-13H2,1-4H3/b23-21-. The van der Waals surface area contributed by atoms with Crippen molar-refractivity contribution < 1.29 is 24.2 Å². The van der Waals surface area contributed by atoms with Gasteiger partial charge in [-0.25, -0.2) is 0 Å². The Morgan fingerprint density at radius 3 is 2.41 bits per heavy atom. The molecule has 1 heterocycles. The number of Topliss-reactive ketones (excluding diaryl/α,β-unsaturated/α-hetero) is 1. The molecule has 0 radical (unpaired) electrons. The Kier molecular flexibility index (Phi) is 7.59. The molecule has 1 aliphatic rings. The average molecular weight is 458 g/mol. The summed E-state index contributed by atoms with van der Waals surface area (Å²) in [7, 11) is 3.17. The second-order valence-corrected chi connectivity index (χ2v) is 8.44. The number of hydrogen-bond donors (Lipinski definition) is 1. The van der Waals surface area contributed by atoms with Gasteiger partial charge in [0.25, 0.3) is 11.7 Å². The van der Waals surface area contributed by atoms with Crippen molar-refractivity contribution in [2.45, 2.75) is 32.2 Å². The molecular formula is C25H28ClNO5. The van der Waals surface area contributed by atoms with E-state index >= 15 is 0 Å². The molecule has 170 valence electrons. The number of ether oxygens (including phenoxy) is 2. The van der Waals surface area contributed by atoms with Crippen molar-refractivity contribution in [3.63, 3.8) is 0 Å². The number of carbonyl (C=O) groups is 2. The zero-order valence-corrected chi connectivity index (χ0v) is 19.5. The first-order chi connectivity index (χ1) is 15.3. The molecule has 0 aliphatic carbocycles. The van der Waals surface area contributed by atoms with E-state index < -0.39 is 17.7 Å². The highest BCUT2D eigenvalue weighted by molar-refractivity contribution is 6.46. The van der Waals surface area contributed by atoms with Crippen molar-refractivity contribution >= 4 is 29.1 Å². The number of nitrogens with zero attached hydrogens (tertiary/aromatic N) is 1. The predicted molar refractivity (Wildman–Crippen MR) is 124 cm³/mol. The summed E-state index contributed by atoms with van der Waals surface area (Å²) in [6.45, 7) is 4.81. The van der Waals surface area contributed by atoms with Gasteiger partial charge in [-0.15, -0.1) is 0 Å². The van der Waals surface area contributed by atoms with Gasteiger partial charge in [0.15, 0.2) is 0 Å². The molecule has 1 unspecified atom stereocenters. The summed E-state index contributed by atoms with van der Waals surface area (Å²) in [6, 6.07) is 11.5. The van der Waals surface area contributed by atoms with Crippen LogP contribution in [0.5, 0.6) is 5.75 Å². The molecule has 2 aromatic carbocycles. The average Bonchev–Trinajstić information content (AvgIpc) is 3.03. The van der Waals surface area contributed by atoms with Crippen molar-refractivity contribution in [3.05, 3.63) is 69.8 Å². The van der Waals surface area contributed by atoms with Crippen LogP contribution in [0, 0.1) is 0 Å². The summed E-state index contributed by atoms with van der Waals surface area (Å²) in [4.78, 5) is 27.5. The highest BCUT2D eigenvalue weighted by atomic mass is 35.5. The number of amides is 1. The summed E-state index contributed by atoms with van der Waals surface area (Å²) in [5.41, 5.74) is 2.12. The molecule has 1 atom stereocenters. The van der Waals surface area contributed by atoms with Crippen LogP contribution in [0.1, 0.15) is 48.9 Å². The summed E-state index contributed by atoms with van der Waals surface area (Å²) >= 11 is 6.05. The van der Waals surface area contributed by atoms with E-state index in [0.29, 0.717) is 41.5 Å². The summed E-state index contributed by atoms with van der Waals surface area (Å²) in [5, 5.41) is 11.8. The first kappa shape index (κ1) is 23.8. The fourth-order valence-electron chi connectivity index (χ4n) is 3.97. The molecule has 1 N–H and O–H groups in total. The Morgan fingerprint density at radius 2 is 1.81 bits per heavy atom. The summed E-state index contributed by atoms with van der Waals surface area (Å²) in [5.74, 6) is -0.712. The molecular weight excluding hydrogens is 430 g/mol. The molecule has 2 aromatic rings. The van der Waals surface area contributed by atoms with Gasteiger partial charge in [0, 0.05) is 30.8 Å². The fourth-order valence-corrected chi connectivity index (χ4v) is 4.10. The molecule has 0 spiro atoms. The number of halogens is 1. The number of benzene rings is 2. The third-order valence-electron chi connectivity index (χ3n) is 5.60. The van der Waals surface area contributed by atoms with E-state index in [-0.39, 0.29) is 17.3 Å². The van der Waals surface area contributed by atoms with Crippen molar-refractivity contribution in [1.29, 1.82) is 0 Å². The second-order valence-electron chi connectivity index (χ2n) is 8.00. The summed E-state index contributed by atoms with van der Waals surface area (Å²) in [6.07, 6.45) is 0.563. The van der Waals surface area contributed by atoms with E-state index in [0.717, 1.165) is 5.56 Å². The van der Waals surface area contributed by atoms with Crippen LogP contribution < -0.4 is 4.74 Å². The van der Waals surface area contributed by atoms with Gasteiger partial charge in [0.1, 0.15) is 11.5 Å². The van der Waals surface area contributed by atoms with Crippen molar-refractivity contribution in [2.24, 2.45) is 0 Å². The van der Waals surface area contributed by atoms with Crippen LogP contribution in [-0.4, -0.2) is 49.1 Å². The highest BCUT2D eigenvalue weighted by Gasteiger charge is 2.45. The predicted octanol–water partition coefficient (Wildman–Crippen LogP) is 4.93.